The summed E-state index contributed by atoms with van der Waals surface area (Å²) in [6, 6.07) is 6.66. The van der Waals surface area contributed by atoms with Gasteiger partial charge in [0.05, 0.1) is 59.5 Å². The van der Waals surface area contributed by atoms with Gasteiger partial charge in [0, 0.05) is 18.5 Å². The smallest absolute Gasteiger partial charge is 0.240 e. The van der Waals surface area contributed by atoms with Crippen LogP contribution in [0.1, 0.15) is 56.6 Å². The summed E-state index contributed by atoms with van der Waals surface area (Å²) in [6.07, 6.45) is 8.13. The summed E-state index contributed by atoms with van der Waals surface area (Å²) in [5.41, 5.74) is 5.70. The molecule has 0 spiro atoms. The highest BCUT2D eigenvalue weighted by Crippen LogP contribution is 2.42. The number of fused-ring (bicyclic) bond motifs is 4. The Labute approximate surface area is 221 Å². The van der Waals surface area contributed by atoms with E-state index in [9.17, 15) is 5.11 Å². The van der Waals surface area contributed by atoms with E-state index in [1.807, 2.05) is 47.6 Å². The number of rotatable bonds is 5. The van der Waals surface area contributed by atoms with Gasteiger partial charge < -0.3 is 14.6 Å². The van der Waals surface area contributed by atoms with Crippen molar-refractivity contribution in [1.29, 1.82) is 0 Å². The van der Waals surface area contributed by atoms with E-state index in [1.54, 1.807) is 0 Å². The lowest BCUT2D eigenvalue weighted by atomic mass is 10.0. The number of nitrogens with one attached hydrogen (secondary N) is 1. The fraction of sp³-hybridized carbons (Fsp3) is 0.464. The normalized spacial score (nSPS) is 19.2. The molecule has 4 aromatic rings. The first-order valence-electron chi connectivity index (χ1n) is 13.4. The molecule has 200 valence electrons. The monoisotopic (exact) mass is 517 g/mol. The van der Waals surface area contributed by atoms with E-state index in [-0.39, 0.29) is 18.8 Å². The van der Waals surface area contributed by atoms with Gasteiger partial charge in [-0.1, -0.05) is 6.07 Å². The van der Waals surface area contributed by atoms with Crippen LogP contribution in [0.3, 0.4) is 0 Å². The lowest BCUT2D eigenvalue weighted by Crippen LogP contribution is -2.32. The molecular formula is C28H35N7O3. The van der Waals surface area contributed by atoms with E-state index in [0.29, 0.717) is 31.6 Å². The third kappa shape index (κ3) is 4.69. The zero-order valence-electron chi connectivity index (χ0n) is 22.4. The number of ether oxygens (including phenoxy) is 2. The molecule has 1 fully saturated rings. The van der Waals surface area contributed by atoms with Crippen LogP contribution >= 0.6 is 0 Å². The molecule has 1 aliphatic heterocycles. The minimum absolute atomic E-state index is 0.00984. The van der Waals surface area contributed by atoms with Crippen molar-refractivity contribution in [1.82, 2.24) is 34.7 Å². The standard InChI is InChI=1S/C28H35N7O3/c1-17(2)37-27-21-8-10-25-22-13-19(5-9-24(22)30-31-25)23-14-29-35(20-6-7-20)28(23)38-18(3)15-33(4)16-26(21)34(32-27)11-12-36/h5,8-10,13-14,17-18,20,36H,6-7,11-12,15-16H2,1-4H3,(H,30,31)/b10-8+. The Morgan fingerprint density at radius 3 is 2.84 bits per heavy atom. The summed E-state index contributed by atoms with van der Waals surface area (Å²) >= 11 is 0. The van der Waals surface area contributed by atoms with Crippen LogP contribution in [0, 0.1) is 0 Å². The molecule has 1 saturated carbocycles. The predicted molar refractivity (Wildman–Crippen MR) is 146 cm³/mol. The average molecular weight is 518 g/mol. The second kappa shape index (κ2) is 9.92. The molecule has 1 aliphatic carbocycles. The van der Waals surface area contributed by atoms with E-state index < -0.39 is 0 Å². The van der Waals surface area contributed by atoms with Crippen LogP contribution in [0.15, 0.2) is 24.4 Å². The van der Waals surface area contributed by atoms with Crippen molar-refractivity contribution < 1.29 is 14.6 Å². The van der Waals surface area contributed by atoms with Gasteiger partial charge in [-0.25, -0.2) is 4.68 Å². The number of hydrogen-bond acceptors (Lipinski definition) is 7. The number of aliphatic hydroxyl groups is 1. The number of likely N-dealkylation sites (N-methyl/N-ethyl adjacent to an activating group) is 1. The quantitative estimate of drug-likeness (QED) is 0.410. The van der Waals surface area contributed by atoms with Gasteiger partial charge in [-0.3, -0.25) is 14.7 Å². The molecule has 2 aliphatic rings. The predicted octanol–water partition coefficient (Wildman–Crippen LogP) is 4.12. The van der Waals surface area contributed by atoms with Crippen LogP contribution in [-0.2, 0) is 13.1 Å². The molecule has 2 N–H and O–H groups in total. The van der Waals surface area contributed by atoms with Gasteiger partial charge in [0.2, 0.25) is 11.8 Å². The largest absolute Gasteiger partial charge is 0.473 e. The molecule has 38 heavy (non-hydrogen) atoms. The van der Waals surface area contributed by atoms with E-state index >= 15 is 0 Å². The van der Waals surface area contributed by atoms with Crippen LogP contribution in [0.2, 0.25) is 0 Å². The van der Waals surface area contributed by atoms with Crippen LogP contribution in [0.5, 0.6) is 11.8 Å². The summed E-state index contributed by atoms with van der Waals surface area (Å²) < 4.78 is 16.6. The second-order valence-corrected chi connectivity index (χ2v) is 10.6. The first-order chi connectivity index (χ1) is 18.4. The number of aromatic amines is 1. The maximum atomic E-state index is 9.75. The number of nitrogens with zero attached hydrogens (tertiary/aromatic N) is 6. The van der Waals surface area contributed by atoms with Crippen molar-refractivity contribution in [2.24, 2.45) is 0 Å². The zero-order chi connectivity index (χ0) is 26.4. The highest BCUT2D eigenvalue weighted by atomic mass is 16.5. The van der Waals surface area contributed by atoms with Crippen molar-refractivity contribution >= 4 is 23.1 Å². The van der Waals surface area contributed by atoms with E-state index in [0.717, 1.165) is 57.7 Å². The maximum absolute atomic E-state index is 9.75. The van der Waals surface area contributed by atoms with Crippen LogP contribution in [-0.4, -0.2) is 72.2 Å². The Balaban J connectivity index is 1.51. The molecule has 3 aromatic heterocycles. The van der Waals surface area contributed by atoms with Gasteiger partial charge in [-0.15, -0.1) is 5.10 Å². The molecule has 1 atom stereocenters. The average Bonchev–Trinajstić information content (AvgIpc) is 3.40. The van der Waals surface area contributed by atoms with Crippen molar-refractivity contribution in [3.05, 3.63) is 41.3 Å². The van der Waals surface area contributed by atoms with Gasteiger partial charge in [-0.2, -0.15) is 10.2 Å². The number of benzene rings is 1. The highest BCUT2D eigenvalue weighted by Gasteiger charge is 2.30. The maximum Gasteiger partial charge on any atom is 0.240 e. The fourth-order valence-electron chi connectivity index (χ4n) is 5.13. The molecule has 1 unspecified atom stereocenters. The lowest BCUT2D eigenvalue weighted by Gasteiger charge is -2.24. The highest BCUT2D eigenvalue weighted by molar-refractivity contribution is 5.93. The second-order valence-electron chi connectivity index (χ2n) is 10.6. The van der Waals surface area contributed by atoms with Crippen LogP contribution in [0.4, 0.5) is 0 Å². The van der Waals surface area contributed by atoms with Crippen LogP contribution < -0.4 is 9.47 Å². The third-order valence-electron chi connectivity index (χ3n) is 6.98. The summed E-state index contributed by atoms with van der Waals surface area (Å²) in [6.45, 7) is 7.77. The molecule has 0 amide bonds. The first kappa shape index (κ1) is 24.7. The summed E-state index contributed by atoms with van der Waals surface area (Å²) in [5.74, 6) is 1.38. The molecule has 0 radical (unpaired) electrons. The van der Waals surface area contributed by atoms with Gasteiger partial charge in [-0.05, 0) is 70.5 Å². The topological polar surface area (TPSA) is 106 Å². The molecule has 6 rings (SSSR count). The van der Waals surface area contributed by atoms with E-state index in [4.69, 9.17) is 19.7 Å². The Bertz CT molecular complexity index is 1480. The number of aromatic nitrogens is 6. The number of H-pyrrole nitrogens is 1. The molecule has 0 saturated heterocycles. The first-order valence-corrected chi connectivity index (χ1v) is 13.4. The minimum atomic E-state index is -0.0779. The summed E-state index contributed by atoms with van der Waals surface area (Å²) in [4.78, 5) is 2.22. The molecule has 10 nitrogen and oxygen atoms in total. The third-order valence-corrected chi connectivity index (χ3v) is 6.98. The van der Waals surface area contributed by atoms with E-state index in [1.165, 1.54) is 0 Å². The van der Waals surface area contributed by atoms with Gasteiger partial charge >= 0.3 is 0 Å². The van der Waals surface area contributed by atoms with Crippen molar-refractivity contribution in [3.8, 4) is 22.9 Å². The van der Waals surface area contributed by atoms with Gasteiger partial charge in [0.1, 0.15) is 6.10 Å². The number of hydrogen-bond donors (Lipinski definition) is 2. The summed E-state index contributed by atoms with van der Waals surface area (Å²) in [7, 11) is 2.07. The summed E-state index contributed by atoms with van der Waals surface area (Å²) in [5, 5.41) is 27.9. The van der Waals surface area contributed by atoms with Crippen molar-refractivity contribution in [3.63, 3.8) is 0 Å². The minimum Gasteiger partial charge on any atom is -0.473 e. The van der Waals surface area contributed by atoms with Crippen LogP contribution in [0.25, 0.3) is 34.2 Å². The lowest BCUT2D eigenvalue weighted by molar-refractivity contribution is 0.144. The molecule has 1 aromatic carbocycles. The van der Waals surface area contributed by atoms with E-state index in [2.05, 4.69) is 41.2 Å². The molecular weight excluding hydrogens is 482 g/mol. The number of aliphatic hydroxyl groups excluding tert-OH is 1. The molecule has 4 heterocycles. The van der Waals surface area contributed by atoms with Crippen molar-refractivity contribution in [2.45, 2.75) is 65.0 Å². The zero-order valence-corrected chi connectivity index (χ0v) is 22.4. The Morgan fingerprint density at radius 2 is 2.08 bits per heavy atom. The SMILES string of the molecule is CC(C)Oc1nn(CCO)c2c1/C=C/c1[nH]nc3ccc(cc13)-c1cnn(C3CC3)c1OC(C)CN(C)C2. The Hall–Kier alpha value is -3.63. The Kier molecular flexibility index (Phi) is 6.45. The van der Waals surface area contributed by atoms with Gasteiger partial charge in [0.15, 0.2) is 0 Å². The fourth-order valence-corrected chi connectivity index (χ4v) is 5.13. The van der Waals surface area contributed by atoms with Crippen molar-refractivity contribution in [2.75, 3.05) is 20.2 Å². The molecule has 2 bridgehead atoms. The molecule has 10 heteroatoms. The Morgan fingerprint density at radius 1 is 1.24 bits per heavy atom. The van der Waals surface area contributed by atoms with Gasteiger partial charge in [0.25, 0.3) is 0 Å².